The number of phosphoric acid groups is 2. The van der Waals surface area contributed by atoms with Crippen LogP contribution < -0.4 is 48.7 Å². The lowest BCUT2D eigenvalue weighted by Crippen LogP contribution is -2.57. The Morgan fingerprint density at radius 1 is 0.752 bits per heavy atom. The van der Waals surface area contributed by atoms with Crippen LogP contribution in [-0.2, 0) is 107 Å². The van der Waals surface area contributed by atoms with Gasteiger partial charge in [0.25, 0.3) is 5.91 Å². The van der Waals surface area contributed by atoms with E-state index in [1.54, 1.807) is 117 Å². The van der Waals surface area contributed by atoms with E-state index in [0.717, 1.165) is 9.80 Å². The lowest BCUT2D eigenvalue weighted by molar-refractivity contribution is -0.155. The molecular weight excluding hydrogens is 1540 g/mol. The molecule has 35 nitrogen and oxygen atoms in total. The highest BCUT2D eigenvalue weighted by molar-refractivity contribution is 7.49. The summed E-state index contributed by atoms with van der Waals surface area (Å²) in [5.41, 5.74) is 13.2. The van der Waals surface area contributed by atoms with E-state index in [9.17, 15) is 76.5 Å². The number of cyclic esters (lactones) is 2. The first-order chi connectivity index (χ1) is 53.1. The lowest BCUT2D eigenvalue weighted by Gasteiger charge is -2.33. The van der Waals surface area contributed by atoms with Crippen LogP contribution in [0.3, 0.4) is 0 Å². The Morgan fingerprint density at radius 3 is 1.92 bits per heavy atom. The molecule has 0 saturated heterocycles. The van der Waals surface area contributed by atoms with E-state index in [4.69, 9.17) is 51.1 Å². The fourth-order valence-electron chi connectivity index (χ4n) is 11.2. The van der Waals surface area contributed by atoms with Gasteiger partial charge in [-0.15, -0.1) is 9.35 Å². The molecule has 0 bridgehead atoms. The van der Waals surface area contributed by atoms with Crippen molar-refractivity contribution < 1.29 is 114 Å². The van der Waals surface area contributed by atoms with Crippen LogP contribution in [0.25, 0.3) is 0 Å². The summed E-state index contributed by atoms with van der Waals surface area (Å²) in [5.74, 6) is -8.78. The number of allylic oxidation sites excluding steroid dienone is 1. The van der Waals surface area contributed by atoms with Gasteiger partial charge in [0.1, 0.15) is 49.0 Å². The van der Waals surface area contributed by atoms with Gasteiger partial charge in [0.2, 0.25) is 35.4 Å². The van der Waals surface area contributed by atoms with Crippen LogP contribution in [0.5, 0.6) is 0 Å². The van der Waals surface area contributed by atoms with Crippen LogP contribution in [-0.4, -0.2) is 192 Å². The number of esters is 3. The summed E-state index contributed by atoms with van der Waals surface area (Å²) in [6.45, 7) is 18.6. The number of ether oxygens (including phenoxy) is 4. The molecule has 1 aliphatic heterocycles. The predicted molar refractivity (Wildman–Crippen MR) is 417 cm³/mol. The van der Waals surface area contributed by atoms with Gasteiger partial charge >= 0.3 is 45.7 Å². The van der Waals surface area contributed by atoms with Crippen LogP contribution >= 0.6 is 27.2 Å². The van der Waals surface area contributed by atoms with Gasteiger partial charge in [-0.2, -0.15) is 0 Å². The fraction of sp³-hybridized carbons (Fsp3) is 0.627. The summed E-state index contributed by atoms with van der Waals surface area (Å²) in [6.07, 6.45) is 1.39. The maximum atomic E-state index is 14.4. The molecule has 0 saturated carbocycles. The molecule has 38 heteroatoms. The monoisotopic (exact) mass is 1650 g/mol. The van der Waals surface area contributed by atoms with Crippen LogP contribution in [0.15, 0.2) is 71.8 Å². The molecule has 10 amide bonds. The van der Waals surface area contributed by atoms with Crippen molar-refractivity contribution in [3.8, 4) is 0 Å². The van der Waals surface area contributed by atoms with Crippen molar-refractivity contribution in [2.45, 2.75) is 234 Å². The number of urea groups is 1. The van der Waals surface area contributed by atoms with Crippen LogP contribution in [0.4, 0.5) is 15.3 Å². The molecule has 0 aromatic heterocycles. The van der Waals surface area contributed by atoms with Crippen molar-refractivity contribution in [1.29, 1.82) is 0 Å². The summed E-state index contributed by atoms with van der Waals surface area (Å²) in [4.78, 5) is 184. The molecule has 1 heterocycles. The first-order valence-electron chi connectivity index (χ1n) is 37.9. The van der Waals surface area contributed by atoms with E-state index in [1.807, 2.05) is 0 Å². The number of rotatable bonds is 37. The second kappa shape index (κ2) is 50.1. The van der Waals surface area contributed by atoms with Crippen molar-refractivity contribution >= 4 is 104 Å². The number of hydrogen-bond donors (Lipinski definition) is 11. The Labute approximate surface area is 666 Å². The summed E-state index contributed by atoms with van der Waals surface area (Å²) < 4.78 is 66.6. The number of nitrogens with two attached hydrogens (primary N) is 2. The number of nitrogens with zero attached hydrogens (tertiary/aromatic N) is 2. The van der Waals surface area contributed by atoms with Crippen molar-refractivity contribution in [3.63, 3.8) is 0 Å². The van der Waals surface area contributed by atoms with Crippen molar-refractivity contribution in [2.24, 2.45) is 35.1 Å². The second-order valence-corrected chi connectivity index (χ2v) is 31.9. The number of primary amides is 1. The molecular formula is C75H118ClN11O24P2. The largest absolute Gasteiger partial charge is 0.499 e. The smallest absolute Gasteiger partial charge is 0.461 e. The molecule has 634 valence electrons. The van der Waals surface area contributed by atoms with Crippen LogP contribution in [0.2, 0.25) is 5.02 Å². The molecule has 1 aliphatic rings. The van der Waals surface area contributed by atoms with E-state index in [1.165, 1.54) is 40.9 Å². The Hall–Kier alpha value is -8.37. The Bertz CT molecular complexity index is 3650. The number of carbonyl (C=O) groups excluding carboxylic acids is 12. The van der Waals surface area contributed by atoms with E-state index in [2.05, 4.69) is 46.6 Å². The Balaban J connectivity index is 1.61. The van der Waals surface area contributed by atoms with Gasteiger partial charge in [0.15, 0.2) is 6.10 Å². The first-order valence-corrected chi connectivity index (χ1v) is 41.2. The summed E-state index contributed by atoms with van der Waals surface area (Å²) >= 11 is 6.17. The van der Waals surface area contributed by atoms with Crippen molar-refractivity contribution in [1.82, 2.24) is 41.7 Å². The minimum absolute atomic E-state index is 0.01000. The summed E-state index contributed by atoms with van der Waals surface area (Å²) in [7, 11) is -7.36. The standard InChI is InChI=1S/C75H118ClN11O24P2/c1-15-47(7)64-69(93)82-52(12)73(97)109-65(48(8)16-2)50(10)59(36-27-49(9)72(96)107-60(41-45(3)4)67(91)81-51(11)70(94)87(14)58(42-53-28-32-55(76)33-29-53)71(95)86(13)43-61(88)85-64)108-75(99)80-37-21-19-23-40-106-113(102,103)111-110-112(100,101)105-39-22-18-17-20-26-62(89)104-44-54-30-34-56(35-31-54)83-66(90)57(25-24-38-79-74(78)98)84-68(92)63(77)46(5)6/h16,27-35,45-47,50-52,57-60,63-65H,15,17-26,36-44,77H2,1-14H3,(H,80,99)(H,81,91)(H,82,93)(H,83,90)(H,84,92)(H,85,88)(H,100,101)(H,102,103)(H3,78,79,98)/b48-16+,49-27+/t47?,50-,51-,52+,57+,58+,59-,60+,63+,64-,65?/m0/s1. The molecule has 4 unspecified atom stereocenters. The first kappa shape index (κ1) is 98.8. The number of hydrogen-bond acceptors (Lipinski definition) is 23. The second-order valence-electron chi connectivity index (χ2n) is 28.7. The van der Waals surface area contributed by atoms with Gasteiger partial charge < -0.3 is 87.2 Å². The molecule has 0 radical (unpaired) electrons. The van der Waals surface area contributed by atoms with Crippen LogP contribution in [0, 0.1) is 23.7 Å². The Kier molecular flexibility index (Phi) is 43.8. The average Bonchev–Trinajstić information content (AvgIpc) is 0.827. The highest BCUT2D eigenvalue weighted by Gasteiger charge is 2.39. The zero-order valence-corrected chi connectivity index (χ0v) is 69.7. The molecule has 113 heavy (non-hydrogen) atoms. The van der Waals surface area contributed by atoms with Gasteiger partial charge in [-0.05, 0) is 145 Å². The van der Waals surface area contributed by atoms with E-state index >= 15 is 0 Å². The summed E-state index contributed by atoms with van der Waals surface area (Å²) in [5, 5.41) is 18.9. The number of carbonyl (C=O) groups is 12. The molecule has 0 spiro atoms. The predicted octanol–water partition coefficient (Wildman–Crippen LogP) is 7.53. The third-order valence-corrected chi connectivity index (χ3v) is 20.4. The maximum Gasteiger partial charge on any atom is 0.499 e. The number of likely N-dealkylation sites (N-methyl/N-ethyl adjacent to an activating group) is 2. The fourth-order valence-corrected chi connectivity index (χ4v) is 12.8. The highest BCUT2D eigenvalue weighted by atomic mass is 35.5. The van der Waals surface area contributed by atoms with Crippen molar-refractivity contribution in [3.05, 3.63) is 88.0 Å². The number of benzene rings is 2. The quantitative estimate of drug-likeness (QED) is 0.00592. The number of nitrogens with one attached hydrogen (secondary N) is 7. The van der Waals surface area contributed by atoms with Gasteiger partial charge in [-0.1, -0.05) is 116 Å². The molecule has 2 aromatic rings. The molecule has 0 aliphatic carbocycles. The molecule has 3 rings (SSSR count). The third kappa shape index (κ3) is 37.2. The van der Waals surface area contributed by atoms with Gasteiger partial charge in [0, 0.05) is 68.6 Å². The molecule has 0 fully saturated rings. The normalized spacial score (nSPS) is 22.1. The number of alkyl carbamates (subject to hydrolysis) is 1. The van der Waals surface area contributed by atoms with E-state index < -0.39 is 167 Å². The lowest BCUT2D eigenvalue weighted by atomic mass is 9.90. The van der Waals surface area contributed by atoms with E-state index in [-0.39, 0.29) is 101 Å². The highest BCUT2D eigenvalue weighted by Crippen LogP contribution is 2.52. The third-order valence-electron chi connectivity index (χ3n) is 18.5. The minimum atomic E-state index is -5.07. The van der Waals surface area contributed by atoms with Gasteiger partial charge in [-0.3, -0.25) is 47.4 Å². The molecule has 13 atom stereocenters. The van der Waals surface area contributed by atoms with Crippen molar-refractivity contribution in [2.75, 3.05) is 52.3 Å². The maximum absolute atomic E-state index is 14.4. The molecule has 2 aromatic carbocycles. The number of anilines is 1. The Morgan fingerprint density at radius 2 is 1.34 bits per heavy atom. The number of unbranched alkanes of at least 4 members (excludes halogenated alkanes) is 5. The number of halogens is 1. The van der Waals surface area contributed by atoms with Gasteiger partial charge in [-0.25, -0.2) is 28.3 Å². The number of phosphoric ester groups is 2. The minimum Gasteiger partial charge on any atom is -0.461 e. The van der Waals surface area contributed by atoms with Crippen LogP contribution in [0.1, 0.15) is 178 Å². The SMILES string of the molecule is C/C=C(\C)C1OC(=O)[C@@H](C)NC(=O)[C@H](C(C)CC)NC(=O)CN(C)C(=O)[C@@H](Cc2ccc(Cl)cc2)N(C)C(=O)[C@H](C)NC(=O)[C@@H](CC(C)C)OC(=O)/C(C)=C/C[C@H](OC(=O)NCCCCCOP(=O)(O)OOP(=O)(O)OCCCCCCC(=O)OCc2ccc(NC(=O)[C@@H](CCCNC(N)=O)NC(=O)[C@H](N)C(C)C)cc2)[C@@H]1C. The van der Waals surface area contributed by atoms with E-state index in [0.29, 0.717) is 59.5 Å². The zero-order valence-electron chi connectivity index (χ0n) is 67.1. The van der Waals surface area contributed by atoms with Gasteiger partial charge in [0.05, 0.1) is 25.8 Å². The number of amides is 10. The summed E-state index contributed by atoms with van der Waals surface area (Å²) in [6, 6.07) is 5.46. The topological polar surface area (TPSA) is 496 Å². The zero-order chi connectivity index (χ0) is 84.9. The molecule has 13 N–H and O–H groups in total. The average molecular weight is 1660 g/mol.